The fourth-order valence-electron chi connectivity index (χ4n) is 2.59. The highest BCUT2D eigenvalue weighted by atomic mass is 32.2. The van der Waals surface area contributed by atoms with Crippen LogP contribution in [0.1, 0.15) is 18.4 Å². The zero-order chi connectivity index (χ0) is 21.4. The first kappa shape index (κ1) is 22.0. The fourth-order valence-corrected chi connectivity index (χ4v) is 3.26. The van der Waals surface area contributed by atoms with Gasteiger partial charge in [-0.3, -0.25) is 4.98 Å². The Hall–Kier alpha value is -3.30. The Balaban J connectivity index is 2.05. The second-order valence-electron chi connectivity index (χ2n) is 5.77. The lowest BCUT2D eigenvalue weighted by Crippen LogP contribution is -2.31. The van der Waals surface area contributed by atoms with Gasteiger partial charge in [0, 0.05) is 30.7 Å². The number of benzene rings is 1. The standard InChI is InChI=1S/C17H21N5O6S/c1-26-14-7-12-13(8-15(14)27-2)21-10-11(9-18)16(12)20-5-3-4-6-22-29(24,25)28-17(19)23/h7-8,10,22H,3-6H2,1-2H3,(H2,19,23)(H,20,21). The number of nitrogens with zero attached hydrogens (tertiary/aromatic N) is 2. The minimum atomic E-state index is -4.20. The average Bonchev–Trinajstić information content (AvgIpc) is 2.68. The van der Waals surface area contributed by atoms with Gasteiger partial charge in [0.15, 0.2) is 11.5 Å². The van der Waals surface area contributed by atoms with Crippen LogP contribution in [0.3, 0.4) is 0 Å². The lowest BCUT2D eigenvalue weighted by Gasteiger charge is -2.14. The summed E-state index contributed by atoms with van der Waals surface area (Å²) in [5.41, 5.74) is 6.25. The van der Waals surface area contributed by atoms with E-state index in [-0.39, 0.29) is 6.54 Å². The van der Waals surface area contributed by atoms with Gasteiger partial charge in [-0.25, -0.2) is 4.79 Å². The summed E-state index contributed by atoms with van der Waals surface area (Å²) in [7, 11) is -1.16. The molecule has 0 fully saturated rings. The van der Waals surface area contributed by atoms with Crippen LogP contribution >= 0.6 is 0 Å². The number of carbonyl (C=O) groups is 1. The number of methoxy groups -OCH3 is 2. The molecule has 0 saturated heterocycles. The van der Waals surface area contributed by atoms with Crippen LogP contribution < -0.4 is 25.2 Å². The Kier molecular flexibility index (Phi) is 7.40. The van der Waals surface area contributed by atoms with Crippen molar-refractivity contribution in [1.29, 1.82) is 5.26 Å². The van der Waals surface area contributed by atoms with Gasteiger partial charge in [-0.1, -0.05) is 0 Å². The number of hydrogen-bond acceptors (Lipinski definition) is 9. The summed E-state index contributed by atoms with van der Waals surface area (Å²) < 4.78 is 39.3. The van der Waals surface area contributed by atoms with Crippen LogP contribution in [0.2, 0.25) is 0 Å². The molecule has 0 aliphatic heterocycles. The number of fused-ring (bicyclic) bond motifs is 1. The van der Waals surface area contributed by atoms with Gasteiger partial charge < -0.3 is 24.7 Å². The summed E-state index contributed by atoms with van der Waals surface area (Å²) in [6.45, 7) is 0.519. The van der Waals surface area contributed by atoms with Crippen molar-refractivity contribution >= 4 is 33.0 Å². The van der Waals surface area contributed by atoms with E-state index in [9.17, 15) is 18.5 Å². The van der Waals surface area contributed by atoms with Gasteiger partial charge in [-0.15, -0.1) is 0 Å². The molecule has 0 spiro atoms. The maximum atomic E-state index is 11.3. The van der Waals surface area contributed by atoms with Crippen molar-refractivity contribution in [3.05, 3.63) is 23.9 Å². The number of unbranched alkanes of at least 4 members (excludes halogenated alkanes) is 1. The topological polar surface area (TPSA) is 166 Å². The smallest absolute Gasteiger partial charge is 0.421 e. The SMILES string of the molecule is COc1cc2ncc(C#N)c(NCCCCNS(=O)(=O)OC(N)=O)c2cc1OC. The molecule has 1 aromatic heterocycles. The van der Waals surface area contributed by atoms with Gasteiger partial charge in [0.25, 0.3) is 0 Å². The van der Waals surface area contributed by atoms with Gasteiger partial charge in [0.05, 0.1) is 31.0 Å². The van der Waals surface area contributed by atoms with E-state index in [0.29, 0.717) is 53.0 Å². The molecule has 1 aromatic carbocycles. The van der Waals surface area contributed by atoms with Crippen LogP contribution in [0.25, 0.3) is 10.9 Å². The van der Waals surface area contributed by atoms with Crippen LogP contribution in [-0.4, -0.2) is 46.8 Å². The highest BCUT2D eigenvalue weighted by molar-refractivity contribution is 7.85. The normalized spacial score (nSPS) is 10.9. The number of rotatable bonds is 10. The van der Waals surface area contributed by atoms with Crippen molar-refractivity contribution in [3.8, 4) is 17.6 Å². The number of nitrogens with two attached hydrogens (primary N) is 1. The first-order chi connectivity index (χ1) is 13.8. The van der Waals surface area contributed by atoms with Crippen molar-refractivity contribution < 1.29 is 26.9 Å². The van der Waals surface area contributed by atoms with E-state index >= 15 is 0 Å². The summed E-state index contributed by atoms with van der Waals surface area (Å²) in [6, 6.07) is 5.55. The number of primary amides is 1. The number of amides is 1. The lowest BCUT2D eigenvalue weighted by molar-refractivity contribution is 0.212. The fraction of sp³-hybridized carbons (Fsp3) is 0.353. The lowest BCUT2D eigenvalue weighted by atomic mass is 10.1. The number of hydrogen-bond donors (Lipinski definition) is 3. The Morgan fingerprint density at radius 2 is 1.86 bits per heavy atom. The summed E-state index contributed by atoms with van der Waals surface area (Å²) in [5, 5.41) is 13.3. The minimum Gasteiger partial charge on any atom is -0.493 e. The third-order valence-corrected chi connectivity index (χ3v) is 4.81. The van der Waals surface area contributed by atoms with Crippen molar-refractivity contribution in [2.24, 2.45) is 5.73 Å². The number of anilines is 1. The molecule has 1 heterocycles. The zero-order valence-electron chi connectivity index (χ0n) is 15.9. The summed E-state index contributed by atoms with van der Waals surface area (Å²) in [5.74, 6) is 1.03. The number of pyridine rings is 1. The van der Waals surface area contributed by atoms with Crippen LogP contribution in [0.4, 0.5) is 10.5 Å². The van der Waals surface area contributed by atoms with Crippen LogP contribution in [0.15, 0.2) is 18.3 Å². The van der Waals surface area contributed by atoms with Gasteiger partial charge >= 0.3 is 16.4 Å². The molecule has 2 rings (SSSR count). The number of carbonyl (C=O) groups excluding carboxylic acids is 1. The highest BCUT2D eigenvalue weighted by Gasteiger charge is 2.14. The Labute approximate surface area is 168 Å². The third kappa shape index (κ3) is 5.84. The van der Waals surface area contributed by atoms with Crippen LogP contribution in [-0.2, 0) is 14.5 Å². The Morgan fingerprint density at radius 1 is 1.21 bits per heavy atom. The average molecular weight is 423 g/mol. The van der Waals surface area contributed by atoms with E-state index in [0.717, 1.165) is 0 Å². The van der Waals surface area contributed by atoms with Gasteiger partial charge in [-0.05, 0) is 18.9 Å². The highest BCUT2D eigenvalue weighted by Crippen LogP contribution is 2.35. The molecule has 0 saturated carbocycles. The summed E-state index contributed by atoms with van der Waals surface area (Å²) in [6.07, 6.45) is 1.09. The first-order valence-corrected chi connectivity index (χ1v) is 9.89. The van der Waals surface area contributed by atoms with Gasteiger partial charge in [0.2, 0.25) is 0 Å². The molecule has 0 bridgehead atoms. The van der Waals surface area contributed by atoms with E-state index in [2.05, 4.69) is 31.0 Å². The predicted molar refractivity (Wildman–Crippen MR) is 105 cm³/mol. The van der Waals surface area contributed by atoms with E-state index in [4.69, 9.17) is 9.47 Å². The van der Waals surface area contributed by atoms with Gasteiger partial charge in [0.1, 0.15) is 6.07 Å². The second kappa shape index (κ2) is 9.76. The second-order valence-corrected chi connectivity index (χ2v) is 7.13. The molecule has 0 unspecified atom stereocenters. The third-order valence-electron chi connectivity index (χ3n) is 3.87. The van der Waals surface area contributed by atoms with Crippen molar-refractivity contribution in [3.63, 3.8) is 0 Å². The van der Waals surface area contributed by atoms with Crippen LogP contribution in [0, 0.1) is 11.3 Å². The molecule has 0 aliphatic carbocycles. The molecule has 0 aliphatic rings. The maximum Gasteiger partial charge on any atom is 0.421 e. The molecule has 1 amide bonds. The molecule has 12 heteroatoms. The quantitative estimate of drug-likeness (QED) is 0.477. The van der Waals surface area contributed by atoms with Crippen molar-refractivity contribution in [1.82, 2.24) is 9.71 Å². The molecule has 11 nitrogen and oxygen atoms in total. The molecule has 29 heavy (non-hydrogen) atoms. The van der Waals surface area contributed by atoms with E-state index in [1.165, 1.54) is 20.4 Å². The van der Waals surface area contributed by atoms with E-state index in [1.807, 2.05) is 0 Å². The van der Waals surface area contributed by atoms with Gasteiger partial charge in [-0.2, -0.15) is 18.4 Å². The molecule has 4 N–H and O–H groups in total. The summed E-state index contributed by atoms with van der Waals surface area (Å²) in [4.78, 5) is 14.8. The number of aromatic nitrogens is 1. The number of nitrogens with one attached hydrogen (secondary N) is 2. The Bertz CT molecular complexity index is 1030. The molecular formula is C17H21N5O6S. The molecule has 2 aromatic rings. The predicted octanol–water partition coefficient (Wildman–Crippen LogP) is 1.25. The van der Waals surface area contributed by atoms with Crippen molar-refractivity contribution in [2.75, 3.05) is 32.6 Å². The minimum absolute atomic E-state index is 0.0600. The van der Waals surface area contributed by atoms with Crippen LogP contribution in [0.5, 0.6) is 11.5 Å². The molecule has 156 valence electrons. The largest absolute Gasteiger partial charge is 0.493 e. The Morgan fingerprint density at radius 3 is 2.48 bits per heavy atom. The summed E-state index contributed by atoms with van der Waals surface area (Å²) >= 11 is 0. The van der Waals surface area contributed by atoms with E-state index in [1.54, 1.807) is 12.1 Å². The molecular weight excluding hydrogens is 402 g/mol. The van der Waals surface area contributed by atoms with E-state index < -0.39 is 16.4 Å². The molecule has 0 atom stereocenters. The first-order valence-electron chi connectivity index (χ1n) is 8.48. The monoisotopic (exact) mass is 423 g/mol. The van der Waals surface area contributed by atoms with Crippen molar-refractivity contribution in [2.45, 2.75) is 12.8 Å². The molecule has 0 radical (unpaired) electrons. The number of ether oxygens (including phenoxy) is 2. The number of nitriles is 1. The zero-order valence-corrected chi connectivity index (χ0v) is 16.7. The maximum absolute atomic E-state index is 11.3.